The maximum absolute atomic E-state index is 3.62. The molecule has 0 heterocycles. The summed E-state index contributed by atoms with van der Waals surface area (Å²) in [6.07, 6.45) is 12.7. The highest BCUT2D eigenvalue weighted by atomic mass is 14.2. The van der Waals surface area contributed by atoms with E-state index < -0.39 is 0 Å². The third-order valence-corrected chi connectivity index (χ3v) is 5.11. The molecule has 0 aliphatic rings. The summed E-state index contributed by atoms with van der Waals surface area (Å²) in [5.74, 6) is 7.11. The first-order valence-electron chi connectivity index (χ1n) is 11.7. The molecule has 0 aromatic heterocycles. The van der Waals surface area contributed by atoms with Crippen molar-refractivity contribution < 1.29 is 0 Å². The third kappa shape index (κ3) is 8.10. The number of unbranched alkanes of at least 4 members (excludes halogenated alkanes) is 2. The van der Waals surface area contributed by atoms with E-state index in [0.29, 0.717) is 0 Å². The highest BCUT2D eigenvalue weighted by Crippen LogP contribution is 2.35. The second-order valence-corrected chi connectivity index (χ2v) is 7.69. The van der Waals surface area contributed by atoms with E-state index in [9.17, 15) is 0 Å². The minimum Gasteiger partial charge on any atom is -0.0982 e. The molecule has 0 fully saturated rings. The fourth-order valence-corrected chi connectivity index (χ4v) is 3.80. The van der Waals surface area contributed by atoms with Crippen LogP contribution < -0.4 is 0 Å². The molecule has 0 bridgehead atoms. The molecular weight excluding hydrogens is 336 g/mol. The minimum absolute atomic E-state index is 1.02. The molecular formula is C28H42. The second-order valence-electron chi connectivity index (χ2n) is 7.69. The van der Waals surface area contributed by atoms with Crippen LogP contribution in [0.25, 0.3) is 5.57 Å². The van der Waals surface area contributed by atoms with E-state index in [1.165, 1.54) is 49.7 Å². The lowest BCUT2D eigenvalue weighted by Gasteiger charge is -2.21. The van der Waals surface area contributed by atoms with Crippen LogP contribution in [0.15, 0.2) is 47.1 Å². The smallest absolute Gasteiger partial charge is 0.00922 e. The summed E-state index contributed by atoms with van der Waals surface area (Å²) in [6.45, 7) is 11.4. The van der Waals surface area contributed by atoms with E-state index in [2.05, 4.69) is 76.8 Å². The molecule has 154 valence electrons. The summed E-state index contributed by atoms with van der Waals surface area (Å²) < 4.78 is 0. The Balaban J connectivity index is 3.61. The Morgan fingerprint density at radius 2 is 1.29 bits per heavy atom. The zero-order valence-electron chi connectivity index (χ0n) is 19.2. The average molecular weight is 379 g/mol. The Kier molecular flexibility index (Phi) is 13.2. The van der Waals surface area contributed by atoms with Crippen LogP contribution in [-0.4, -0.2) is 0 Å². The number of allylic oxidation sites excluding steroid dienone is 4. The molecule has 0 spiro atoms. The summed E-state index contributed by atoms with van der Waals surface area (Å²) in [7, 11) is 0. The van der Waals surface area contributed by atoms with Gasteiger partial charge in [-0.2, -0.15) is 0 Å². The van der Waals surface area contributed by atoms with Crippen LogP contribution in [0.5, 0.6) is 0 Å². The zero-order chi connectivity index (χ0) is 20.6. The van der Waals surface area contributed by atoms with Gasteiger partial charge < -0.3 is 0 Å². The number of benzene rings is 1. The molecule has 0 unspecified atom stereocenters. The summed E-state index contributed by atoms with van der Waals surface area (Å²) in [6, 6.07) is 11.1. The van der Waals surface area contributed by atoms with Gasteiger partial charge in [-0.15, -0.1) is 0 Å². The van der Waals surface area contributed by atoms with Crippen molar-refractivity contribution in [1.29, 1.82) is 0 Å². The van der Waals surface area contributed by atoms with Gasteiger partial charge in [0.15, 0.2) is 0 Å². The maximum atomic E-state index is 3.62. The standard InChI is InChI=1S/C28H42/c1-6-11-12-14-21-24(17-7-2)26(18-8-3)28(20-10-5)27(19-9-4)25-22-15-13-16-23-25/h13,15-16,22-23H,6-12,17-20H2,1-5H3/b26-24-,28-27-. The second kappa shape index (κ2) is 15.2. The molecule has 1 rings (SSSR count). The molecule has 0 atom stereocenters. The molecule has 0 radical (unpaired) electrons. The summed E-state index contributed by atoms with van der Waals surface area (Å²) in [4.78, 5) is 0. The maximum Gasteiger partial charge on any atom is 0.00922 e. The predicted octanol–water partition coefficient (Wildman–Crippen LogP) is 9.13. The lowest BCUT2D eigenvalue weighted by atomic mass is 9.84. The molecule has 0 saturated carbocycles. The quantitative estimate of drug-likeness (QED) is 0.193. The van der Waals surface area contributed by atoms with Crippen molar-refractivity contribution in [2.75, 3.05) is 0 Å². The first kappa shape index (κ1) is 24.3. The Morgan fingerprint density at radius 3 is 1.86 bits per heavy atom. The molecule has 0 aliphatic heterocycles. The average Bonchev–Trinajstić information content (AvgIpc) is 2.72. The van der Waals surface area contributed by atoms with Gasteiger partial charge in [0.1, 0.15) is 0 Å². The SMILES string of the molecule is CCCCC#C/C(CCC)=C(CCC)\C(CCC)=C(\CCC)c1ccccc1. The van der Waals surface area contributed by atoms with Crippen LogP contribution >= 0.6 is 0 Å². The van der Waals surface area contributed by atoms with E-state index in [4.69, 9.17) is 0 Å². The van der Waals surface area contributed by atoms with Gasteiger partial charge in [-0.1, -0.05) is 109 Å². The fourth-order valence-electron chi connectivity index (χ4n) is 3.80. The van der Waals surface area contributed by atoms with E-state index in [-0.39, 0.29) is 0 Å². The lowest BCUT2D eigenvalue weighted by Crippen LogP contribution is -2.01. The molecule has 0 heteroatoms. The summed E-state index contributed by atoms with van der Waals surface area (Å²) >= 11 is 0. The van der Waals surface area contributed by atoms with Crippen LogP contribution in [0.4, 0.5) is 0 Å². The molecule has 0 nitrogen and oxygen atoms in total. The number of rotatable bonds is 12. The van der Waals surface area contributed by atoms with Crippen LogP contribution in [0.1, 0.15) is 111 Å². The first-order chi connectivity index (χ1) is 13.7. The van der Waals surface area contributed by atoms with Gasteiger partial charge in [0.25, 0.3) is 0 Å². The molecule has 0 amide bonds. The van der Waals surface area contributed by atoms with Gasteiger partial charge in [-0.25, -0.2) is 0 Å². The van der Waals surface area contributed by atoms with Gasteiger partial charge in [-0.3, -0.25) is 0 Å². The van der Waals surface area contributed by atoms with Crippen molar-refractivity contribution >= 4 is 5.57 Å². The third-order valence-electron chi connectivity index (χ3n) is 5.11. The molecule has 0 N–H and O–H groups in total. The Hall–Kier alpha value is -1.74. The van der Waals surface area contributed by atoms with E-state index >= 15 is 0 Å². The van der Waals surface area contributed by atoms with E-state index in [1.807, 2.05) is 0 Å². The van der Waals surface area contributed by atoms with Crippen molar-refractivity contribution in [2.45, 2.75) is 105 Å². The number of hydrogen-bond acceptors (Lipinski definition) is 0. The molecule has 28 heavy (non-hydrogen) atoms. The topological polar surface area (TPSA) is 0 Å². The van der Waals surface area contributed by atoms with Crippen molar-refractivity contribution in [3.05, 3.63) is 52.6 Å². The Labute approximate surface area is 175 Å². The molecule has 0 aliphatic carbocycles. The predicted molar refractivity (Wildman–Crippen MR) is 127 cm³/mol. The van der Waals surface area contributed by atoms with E-state index in [0.717, 1.165) is 32.1 Å². The molecule has 1 aromatic rings. The fraction of sp³-hybridized carbons (Fsp3) is 0.571. The van der Waals surface area contributed by atoms with Crippen LogP contribution in [-0.2, 0) is 0 Å². The molecule has 1 aromatic carbocycles. The van der Waals surface area contributed by atoms with Crippen LogP contribution in [0, 0.1) is 11.8 Å². The van der Waals surface area contributed by atoms with E-state index in [1.54, 1.807) is 16.7 Å². The van der Waals surface area contributed by atoms with Gasteiger partial charge in [-0.05, 0) is 54.4 Å². The first-order valence-corrected chi connectivity index (χ1v) is 11.7. The van der Waals surface area contributed by atoms with Crippen LogP contribution in [0.3, 0.4) is 0 Å². The monoisotopic (exact) mass is 378 g/mol. The van der Waals surface area contributed by atoms with Crippen molar-refractivity contribution in [1.82, 2.24) is 0 Å². The largest absolute Gasteiger partial charge is 0.0982 e. The summed E-state index contributed by atoms with van der Waals surface area (Å²) in [5.41, 5.74) is 7.51. The minimum atomic E-state index is 1.02. The molecule has 0 saturated heterocycles. The summed E-state index contributed by atoms with van der Waals surface area (Å²) in [5, 5.41) is 0. The zero-order valence-corrected chi connectivity index (χ0v) is 19.2. The Bertz CT molecular complexity index is 661. The Morgan fingerprint density at radius 1 is 0.679 bits per heavy atom. The van der Waals surface area contributed by atoms with Gasteiger partial charge in [0, 0.05) is 12.0 Å². The van der Waals surface area contributed by atoms with Crippen molar-refractivity contribution in [3.63, 3.8) is 0 Å². The van der Waals surface area contributed by atoms with Gasteiger partial charge >= 0.3 is 0 Å². The normalized spacial score (nSPS) is 12.8. The number of hydrogen-bond donors (Lipinski definition) is 0. The van der Waals surface area contributed by atoms with Crippen molar-refractivity contribution in [3.8, 4) is 11.8 Å². The lowest BCUT2D eigenvalue weighted by molar-refractivity contribution is 0.817. The van der Waals surface area contributed by atoms with Crippen LogP contribution in [0.2, 0.25) is 0 Å². The van der Waals surface area contributed by atoms with Gasteiger partial charge in [0.05, 0.1) is 0 Å². The highest BCUT2D eigenvalue weighted by Gasteiger charge is 2.15. The van der Waals surface area contributed by atoms with Crippen molar-refractivity contribution in [2.24, 2.45) is 0 Å². The highest BCUT2D eigenvalue weighted by molar-refractivity contribution is 5.73. The van der Waals surface area contributed by atoms with Gasteiger partial charge in [0.2, 0.25) is 0 Å².